The van der Waals surface area contributed by atoms with Gasteiger partial charge in [-0.1, -0.05) is 64.4 Å². The van der Waals surface area contributed by atoms with Gasteiger partial charge in [0.15, 0.2) is 0 Å². The van der Waals surface area contributed by atoms with Crippen LogP contribution < -0.4 is 0 Å². The molecular weight excluding hydrogens is 300 g/mol. The molecule has 0 aliphatic heterocycles. The van der Waals surface area contributed by atoms with Crippen molar-refractivity contribution in [3.05, 3.63) is 29.3 Å². The van der Waals surface area contributed by atoms with Crippen LogP contribution in [-0.2, 0) is 22.6 Å². The van der Waals surface area contributed by atoms with E-state index in [1.54, 1.807) is 12.1 Å². The van der Waals surface area contributed by atoms with E-state index >= 15 is 0 Å². The fourth-order valence-corrected chi connectivity index (χ4v) is 2.87. The Kier molecular flexibility index (Phi) is 11.2. The molecule has 0 atom stereocenters. The number of isocyanates is 2. The van der Waals surface area contributed by atoms with E-state index in [1.807, 2.05) is 12.1 Å². The Morgan fingerprint density at radius 1 is 0.833 bits per heavy atom. The first-order valence-electron chi connectivity index (χ1n) is 9.05. The molecule has 0 bridgehead atoms. The Hall–Kier alpha value is -2.02. The highest BCUT2D eigenvalue weighted by atomic mass is 16.1. The van der Waals surface area contributed by atoms with Crippen LogP contribution in [0.3, 0.4) is 0 Å². The fraction of sp³-hybridized carbons (Fsp3) is 0.600. The fourth-order valence-electron chi connectivity index (χ4n) is 2.87. The summed E-state index contributed by atoms with van der Waals surface area (Å²) in [7, 11) is 0. The second-order valence-electron chi connectivity index (χ2n) is 6.14. The lowest BCUT2D eigenvalue weighted by molar-refractivity contribution is 0.561. The molecule has 1 aromatic carbocycles. The maximum absolute atomic E-state index is 10.4. The van der Waals surface area contributed by atoms with E-state index in [-0.39, 0.29) is 0 Å². The number of aliphatic imine (C=N–C) groups is 2. The van der Waals surface area contributed by atoms with Crippen LogP contribution in [0.25, 0.3) is 0 Å². The van der Waals surface area contributed by atoms with Crippen molar-refractivity contribution in [1.82, 2.24) is 0 Å². The smallest absolute Gasteiger partial charge is 0.211 e. The predicted molar refractivity (Wildman–Crippen MR) is 97.0 cm³/mol. The van der Waals surface area contributed by atoms with Crippen molar-refractivity contribution in [1.29, 1.82) is 0 Å². The van der Waals surface area contributed by atoms with Gasteiger partial charge in [0.25, 0.3) is 0 Å². The molecule has 0 amide bonds. The summed E-state index contributed by atoms with van der Waals surface area (Å²) in [5, 5.41) is 0. The van der Waals surface area contributed by atoms with Gasteiger partial charge in [0.2, 0.25) is 12.2 Å². The molecule has 0 saturated carbocycles. The summed E-state index contributed by atoms with van der Waals surface area (Å²) in [6.45, 7) is 2.53. The monoisotopic (exact) mass is 328 g/mol. The van der Waals surface area contributed by atoms with Gasteiger partial charge in [-0.05, 0) is 36.1 Å². The number of carbonyl (C=O) groups excluding carboxylic acids is 2. The van der Waals surface area contributed by atoms with E-state index in [0.717, 1.165) is 18.4 Å². The Morgan fingerprint density at radius 2 is 1.50 bits per heavy atom. The van der Waals surface area contributed by atoms with E-state index in [1.165, 1.54) is 63.0 Å². The van der Waals surface area contributed by atoms with Gasteiger partial charge in [-0.15, -0.1) is 0 Å². The molecule has 4 heteroatoms. The zero-order chi connectivity index (χ0) is 17.5. The minimum atomic E-state index is 0.290. The van der Waals surface area contributed by atoms with E-state index in [4.69, 9.17) is 0 Å². The standard InChI is InChI=1S/C20H28N2O2/c1-2-3-4-5-6-7-8-9-10-11-18-12-13-20(22-17-24)14-19(18)15-21-16-23/h12-14H,2-11,15H2,1H3. The zero-order valence-corrected chi connectivity index (χ0v) is 14.7. The second kappa shape index (κ2) is 13.4. The van der Waals surface area contributed by atoms with E-state index < -0.39 is 0 Å². The minimum Gasteiger partial charge on any atom is -0.211 e. The first kappa shape index (κ1) is 20.0. The average Bonchev–Trinajstić information content (AvgIpc) is 2.60. The van der Waals surface area contributed by atoms with Crippen molar-refractivity contribution in [2.45, 2.75) is 77.7 Å². The summed E-state index contributed by atoms with van der Waals surface area (Å²) >= 11 is 0. The number of hydrogen-bond donors (Lipinski definition) is 0. The van der Waals surface area contributed by atoms with Crippen LogP contribution in [0.4, 0.5) is 5.69 Å². The minimum absolute atomic E-state index is 0.290. The largest absolute Gasteiger partial charge is 0.240 e. The lowest BCUT2D eigenvalue weighted by Crippen LogP contribution is -1.94. The normalized spacial score (nSPS) is 10.0. The molecule has 0 spiro atoms. The molecule has 0 radical (unpaired) electrons. The number of rotatable bonds is 13. The van der Waals surface area contributed by atoms with Crippen LogP contribution >= 0.6 is 0 Å². The summed E-state index contributed by atoms with van der Waals surface area (Å²) in [6, 6.07) is 5.58. The molecule has 130 valence electrons. The molecule has 0 saturated heterocycles. The number of hydrogen-bond acceptors (Lipinski definition) is 4. The summed E-state index contributed by atoms with van der Waals surface area (Å²) in [4.78, 5) is 28.0. The Labute approximate surface area is 145 Å². The second-order valence-corrected chi connectivity index (χ2v) is 6.14. The van der Waals surface area contributed by atoms with Crippen molar-refractivity contribution < 1.29 is 9.59 Å². The van der Waals surface area contributed by atoms with Gasteiger partial charge in [-0.2, -0.15) is 4.99 Å². The number of unbranched alkanes of at least 4 members (excludes halogenated alkanes) is 8. The third-order valence-corrected chi connectivity index (χ3v) is 4.23. The molecule has 0 aliphatic carbocycles. The maximum atomic E-state index is 10.4. The van der Waals surface area contributed by atoms with Crippen LogP contribution in [0.15, 0.2) is 28.2 Å². The van der Waals surface area contributed by atoms with Gasteiger partial charge in [0.05, 0.1) is 12.2 Å². The highest BCUT2D eigenvalue weighted by Gasteiger charge is 2.04. The van der Waals surface area contributed by atoms with Crippen LogP contribution in [0, 0.1) is 0 Å². The molecule has 0 aromatic heterocycles. The quantitative estimate of drug-likeness (QED) is 0.270. The van der Waals surface area contributed by atoms with E-state index in [2.05, 4.69) is 16.9 Å². The third kappa shape index (κ3) is 8.57. The lowest BCUT2D eigenvalue weighted by Gasteiger charge is -2.08. The van der Waals surface area contributed by atoms with Gasteiger partial charge in [-0.3, -0.25) is 0 Å². The highest BCUT2D eigenvalue weighted by Crippen LogP contribution is 2.21. The van der Waals surface area contributed by atoms with Gasteiger partial charge in [0, 0.05) is 0 Å². The Balaban J connectivity index is 2.37. The Bertz CT molecular complexity index is 571. The first-order chi connectivity index (χ1) is 11.8. The molecule has 1 aromatic rings. The third-order valence-electron chi connectivity index (χ3n) is 4.23. The van der Waals surface area contributed by atoms with Crippen molar-refractivity contribution in [2.75, 3.05) is 0 Å². The zero-order valence-electron chi connectivity index (χ0n) is 14.7. The first-order valence-corrected chi connectivity index (χ1v) is 9.05. The van der Waals surface area contributed by atoms with Crippen molar-refractivity contribution in [2.24, 2.45) is 9.98 Å². The van der Waals surface area contributed by atoms with Crippen LogP contribution in [0.1, 0.15) is 75.8 Å². The summed E-state index contributed by atoms with van der Waals surface area (Å²) < 4.78 is 0. The van der Waals surface area contributed by atoms with Crippen LogP contribution in [-0.4, -0.2) is 12.2 Å². The van der Waals surface area contributed by atoms with Gasteiger partial charge in [0.1, 0.15) is 0 Å². The molecule has 0 N–H and O–H groups in total. The van der Waals surface area contributed by atoms with E-state index in [9.17, 15) is 9.59 Å². The summed E-state index contributed by atoms with van der Waals surface area (Å²) in [5.41, 5.74) is 2.66. The van der Waals surface area contributed by atoms with E-state index in [0.29, 0.717) is 12.2 Å². The van der Waals surface area contributed by atoms with Crippen LogP contribution in [0.2, 0.25) is 0 Å². The molecule has 1 rings (SSSR count). The molecule has 4 nitrogen and oxygen atoms in total. The van der Waals surface area contributed by atoms with Crippen molar-refractivity contribution in [3.8, 4) is 0 Å². The van der Waals surface area contributed by atoms with Gasteiger partial charge < -0.3 is 0 Å². The highest BCUT2D eigenvalue weighted by molar-refractivity contribution is 5.52. The Morgan fingerprint density at radius 3 is 2.12 bits per heavy atom. The number of benzene rings is 1. The molecule has 0 heterocycles. The molecule has 0 unspecified atom stereocenters. The maximum Gasteiger partial charge on any atom is 0.240 e. The van der Waals surface area contributed by atoms with Gasteiger partial charge >= 0.3 is 0 Å². The average molecular weight is 328 g/mol. The summed E-state index contributed by atoms with van der Waals surface area (Å²) in [6.07, 6.45) is 15.7. The summed E-state index contributed by atoms with van der Waals surface area (Å²) in [5.74, 6) is 0. The lowest BCUT2D eigenvalue weighted by atomic mass is 9.99. The molecule has 0 fully saturated rings. The topological polar surface area (TPSA) is 58.9 Å². The molecule has 24 heavy (non-hydrogen) atoms. The van der Waals surface area contributed by atoms with Gasteiger partial charge in [-0.25, -0.2) is 14.6 Å². The van der Waals surface area contributed by atoms with Crippen molar-refractivity contribution in [3.63, 3.8) is 0 Å². The predicted octanol–water partition coefficient (Wildman–Crippen LogP) is 5.56. The number of aryl methyl sites for hydroxylation is 1. The molecule has 0 aliphatic rings. The van der Waals surface area contributed by atoms with Crippen LogP contribution in [0.5, 0.6) is 0 Å². The van der Waals surface area contributed by atoms with Crippen molar-refractivity contribution >= 4 is 17.8 Å². The SMILES string of the molecule is CCCCCCCCCCCc1ccc(N=C=O)cc1CN=C=O. The number of nitrogens with zero attached hydrogens (tertiary/aromatic N) is 2. The molecular formula is C20H28N2O2.